The first-order valence-corrected chi connectivity index (χ1v) is 8.58. The van der Waals surface area contributed by atoms with Gasteiger partial charge in [-0.15, -0.1) is 0 Å². The first kappa shape index (κ1) is 21.7. The van der Waals surface area contributed by atoms with E-state index in [9.17, 15) is 19.2 Å². The standard InChI is InChI=1S/C16H29N5O5/c1-10(13(23)20-17-5)19-14(24)11-7-6-8-21(11)12(22)9-18-15(25)26-16(2,3)4/h10-11,17H,6-9H2,1-5H3,(H,18,25)(H,19,24)(H,20,23)/t10-,11-/m0/s1. The van der Waals surface area contributed by atoms with Crippen LogP contribution in [0.25, 0.3) is 0 Å². The van der Waals surface area contributed by atoms with Crippen LogP contribution >= 0.6 is 0 Å². The highest BCUT2D eigenvalue weighted by Crippen LogP contribution is 2.17. The number of hydrazine groups is 1. The van der Waals surface area contributed by atoms with Crippen LogP contribution in [0.5, 0.6) is 0 Å². The zero-order valence-corrected chi connectivity index (χ0v) is 16.0. The van der Waals surface area contributed by atoms with Crippen LogP contribution in [0, 0.1) is 0 Å². The Hall–Kier alpha value is -2.36. The van der Waals surface area contributed by atoms with Crippen molar-refractivity contribution >= 4 is 23.8 Å². The summed E-state index contributed by atoms with van der Waals surface area (Å²) < 4.78 is 5.08. The van der Waals surface area contributed by atoms with Crippen molar-refractivity contribution in [2.24, 2.45) is 0 Å². The van der Waals surface area contributed by atoms with E-state index in [-0.39, 0.29) is 18.4 Å². The van der Waals surface area contributed by atoms with Crippen LogP contribution in [0.1, 0.15) is 40.5 Å². The Kier molecular flexibility index (Phi) is 7.81. The maximum absolute atomic E-state index is 12.4. The summed E-state index contributed by atoms with van der Waals surface area (Å²) in [5, 5.41) is 4.98. The van der Waals surface area contributed by atoms with Gasteiger partial charge in [0.05, 0.1) is 0 Å². The molecule has 0 aromatic heterocycles. The lowest BCUT2D eigenvalue weighted by atomic mass is 10.2. The second kappa shape index (κ2) is 9.37. The molecule has 1 aliphatic rings. The molecule has 1 heterocycles. The highest BCUT2D eigenvalue weighted by Gasteiger charge is 2.35. The summed E-state index contributed by atoms with van der Waals surface area (Å²) in [6, 6.07) is -1.40. The minimum atomic E-state index is -0.743. The molecule has 1 fully saturated rings. The summed E-state index contributed by atoms with van der Waals surface area (Å²) in [5.41, 5.74) is 4.22. The molecule has 0 aromatic carbocycles. The van der Waals surface area contributed by atoms with Gasteiger partial charge in [0.15, 0.2) is 0 Å². The lowest BCUT2D eigenvalue weighted by molar-refractivity contribution is -0.138. The van der Waals surface area contributed by atoms with Gasteiger partial charge in [-0.1, -0.05) is 0 Å². The van der Waals surface area contributed by atoms with Gasteiger partial charge in [-0.05, 0) is 40.5 Å². The van der Waals surface area contributed by atoms with Gasteiger partial charge in [0.1, 0.15) is 24.2 Å². The predicted molar refractivity (Wildman–Crippen MR) is 93.8 cm³/mol. The molecule has 0 aromatic rings. The van der Waals surface area contributed by atoms with Crippen molar-refractivity contribution in [1.29, 1.82) is 0 Å². The quantitative estimate of drug-likeness (QED) is 0.455. The van der Waals surface area contributed by atoms with Gasteiger partial charge in [0.25, 0.3) is 5.91 Å². The van der Waals surface area contributed by atoms with Crippen molar-refractivity contribution < 1.29 is 23.9 Å². The van der Waals surface area contributed by atoms with Gasteiger partial charge < -0.3 is 20.3 Å². The maximum atomic E-state index is 12.4. The average molecular weight is 371 g/mol. The number of carbonyl (C=O) groups is 4. The van der Waals surface area contributed by atoms with E-state index < -0.39 is 29.7 Å². The maximum Gasteiger partial charge on any atom is 0.408 e. The number of alkyl carbamates (subject to hydrolysis) is 1. The Morgan fingerprint density at radius 3 is 2.46 bits per heavy atom. The van der Waals surface area contributed by atoms with E-state index >= 15 is 0 Å². The third-order valence-corrected chi connectivity index (χ3v) is 3.66. The lowest BCUT2D eigenvalue weighted by Gasteiger charge is -2.26. The zero-order valence-electron chi connectivity index (χ0n) is 16.0. The second-order valence-electron chi connectivity index (χ2n) is 7.07. The van der Waals surface area contributed by atoms with Gasteiger partial charge in [-0.3, -0.25) is 19.8 Å². The molecule has 2 atom stereocenters. The first-order chi connectivity index (χ1) is 12.0. The van der Waals surface area contributed by atoms with Crippen LogP contribution in [0.15, 0.2) is 0 Å². The van der Waals surface area contributed by atoms with E-state index in [0.717, 1.165) is 0 Å². The Balaban J connectivity index is 2.55. The van der Waals surface area contributed by atoms with Gasteiger partial charge >= 0.3 is 6.09 Å². The summed E-state index contributed by atoms with van der Waals surface area (Å²) in [7, 11) is 1.54. The molecule has 148 valence electrons. The monoisotopic (exact) mass is 371 g/mol. The van der Waals surface area contributed by atoms with Crippen LogP contribution in [-0.4, -0.2) is 66.5 Å². The summed E-state index contributed by atoms with van der Waals surface area (Å²) in [4.78, 5) is 49.5. The molecule has 4 N–H and O–H groups in total. The minimum Gasteiger partial charge on any atom is -0.444 e. The van der Waals surface area contributed by atoms with E-state index in [1.54, 1.807) is 34.7 Å². The van der Waals surface area contributed by atoms with E-state index in [2.05, 4.69) is 21.5 Å². The SMILES string of the molecule is CNNC(=O)[C@H](C)NC(=O)[C@@H]1CCCN1C(=O)CNC(=O)OC(C)(C)C. The number of nitrogens with one attached hydrogen (secondary N) is 4. The van der Waals surface area contributed by atoms with E-state index in [4.69, 9.17) is 4.74 Å². The van der Waals surface area contributed by atoms with E-state index in [1.807, 2.05) is 0 Å². The van der Waals surface area contributed by atoms with Crippen LogP contribution < -0.4 is 21.5 Å². The number of rotatable bonds is 6. The fraction of sp³-hybridized carbons (Fsp3) is 0.750. The van der Waals surface area contributed by atoms with E-state index in [1.165, 1.54) is 4.90 Å². The Morgan fingerprint density at radius 2 is 1.88 bits per heavy atom. The predicted octanol–water partition coefficient (Wildman–Crippen LogP) is -0.743. The molecule has 0 bridgehead atoms. The van der Waals surface area contributed by atoms with Crippen molar-refractivity contribution in [3.8, 4) is 0 Å². The third kappa shape index (κ3) is 6.87. The van der Waals surface area contributed by atoms with Crippen molar-refractivity contribution in [2.45, 2.75) is 58.2 Å². The van der Waals surface area contributed by atoms with Crippen molar-refractivity contribution in [2.75, 3.05) is 20.1 Å². The minimum absolute atomic E-state index is 0.255. The molecular weight excluding hydrogens is 342 g/mol. The molecule has 10 heteroatoms. The lowest BCUT2D eigenvalue weighted by Crippen LogP contribution is -2.54. The number of carbonyl (C=O) groups excluding carboxylic acids is 4. The number of hydrogen-bond acceptors (Lipinski definition) is 6. The summed E-state index contributed by atoms with van der Waals surface area (Å²) in [6.07, 6.45) is 0.487. The number of hydrogen-bond donors (Lipinski definition) is 4. The molecule has 0 aliphatic carbocycles. The zero-order chi connectivity index (χ0) is 19.9. The number of likely N-dealkylation sites (tertiary alicyclic amines) is 1. The van der Waals surface area contributed by atoms with Crippen LogP contribution in [0.3, 0.4) is 0 Å². The Labute approximate surface area is 153 Å². The molecule has 0 saturated carbocycles. The Morgan fingerprint density at radius 1 is 1.23 bits per heavy atom. The van der Waals surface area contributed by atoms with Crippen LogP contribution in [0.4, 0.5) is 4.79 Å². The molecule has 1 saturated heterocycles. The largest absolute Gasteiger partial charge is 0.444 e. The number of ether oxygens (including phenoxy) is 1. The molecular formula is C16H29N5O5. The van der Waals surface area contributed by atoms with Gasteiger partial charge in [-0.2, -0.15) is 0 Å². The van der Waals surface area contributed by atoms with Crippen LogP contribution in [0.2, 0.25) is 0 Å². The fourth-order valence-corrected chi connectivity index (χ4v) is 2.51. The van der Waals surface area contributed by atoms with Crippen LogP contribution in [-0.2, 0) is 19.1 Å². The van der Waals surface area contributed by atoms with Crippen molar-refractivity contribution in [1.82, 2.24) is 26.4 Å². The summed E-state index contributed by atoms with van der Waals surface area (Å²) in [5.74, 6) is -1.16. The van der Waals surface area contributed by atoms with E-state index in [0.29, 0.717) is 19.4 Å². The third-order valence-electron chi connectivity index (χ3n) is 3.66. The highest BCUT2D eigenvalue weighted by atomic mass is 16.6. The van der Waals surface area contributed by atoms with Gasteiger partial charge in [0.2, 0.25) is 11.8 Å². The van der Waals surface area contributed by atoms with Crippen molar-refractivity contribution in [3.05, 3.63) is 0 Å². The summed E-state index contributed by atoms with van der Waals surface area (Å²) in [6.45, 7) is 6.89. The smallest absolute Gasteiger partial charge is 0.408 e. The molecule has 26 heavy (non-hydrogen) atoms. The average Bonchev–Trinajstić information content (AvgIpc) is 3.00. The first-order valence-electron chi connectivity index (χ1n) is 8.58. The molecule has 1 aliphatic heterocycles. The fourth-order valence-electron chi connectivity index (χ4n) is 2.51. The molecule has 4 amide bonds. The number of amides is 4. The van der Waals surface area contributed by atoms with Gasteiger partial charge in [-0.25, -0.2) is 10.2 Å². The topological polar surface area (TPSA) is 129 Å². The van der Waals surface area contributed by atoms with Crippen molar-refractivity contribution in [3.63, 3.8) is 0 Å². The molecule has 0 radical (unpaired) electrons. The molecule has 10 nitrogen and oxygen atoms in total. The molecule has 1 rings (SSSR count). The molecule has 0 spiro atoms. The second-order valence-corrected chi connectivity index (χ2v) is 7.07. The highest BCUT2D eigenvalue weighted by molar-refractivity contribution is 5.93. The Bertz CT molecular complexity index is 546. The summed E-state index contributed by atoms with van der Waals surface area (Å²) >= 11 is 0. The normalized spacial score (nSPS) is 18.0. The number of nitrogens with zero attached hydrogens (tertiary/aromatic N) is 1. The molecule has 0 unspecified atom stereocenters. The van der Waals surface area contributed by atoms with Gasteiger partial charge in [0, 0.05) is 13.6 Å².